The van der Waals surface area contributed by atoms with Crippen LogP contribution in [0.3, 0.4) is 0 Å². The molecule has 116 valence electrons. The molecule has 0 bridgehead atoms. The van der Waals surface area contributed by atoms with Crippen LogP contribution in [0.4, 0.5) is 10.5 Å². The van der Waals surface area contributed by atoms with Crippen LogP contribution in [-0.2, 0) is 11.3 Å². The van der Waals surface area contributed by atoms with Crippen molar-refractivity contribution in [2.45, 2.75) is 51.6 Å². The molecule has 0 saturated carbocycles. The van der Waals surface area contributed by atoms with Crippen molar-refractivity contribution in [3.63, 3.8) is 0 Å². The summed E-state index contributed by atoms with van der Waals surface area (Å²) in [5, 5.41) is 15.4. The zero-order valence-corrected chi connectivity index (χ0v) is 12.3. The molecule has 2 rings (SSSR count). The van der Waals surface area contributed by atoms with Crippen molar-refractivity contribution >= 4 is 17.7 Å². The van der Waals surface area contributed by atoms with E-state index in [0.717, 1.165) is 32.2 Å². The van der Waals surface area contributed by atoms with Crippen molar-refractivity contribution in [1.82, 2.24) is 14.7 Å². The molecule has 0 aromatic carbocycles. The number of nitrogens with one attached hydrogen (secondary N) is 1. The number of carbonyl (C=O) groups is 2. The fourth-order valence-corrected chi connectivity index (χ4v) is 2.72. The van der Waals surface area contributed by atoms with E-state index in [9.17, 15) is 9.59 Å². The van der Waals surface area contributed by atoms with Gasteiger partial charge < -0.3 is 15.3 Å². The number of anilines is 1. The lowest BCUT2D eigenvalue weighted by atomic mass is 10.1. The van der Waals surface area contributed by atoms with Crippen LogP contribution in [0.15, 0.2) is 12.4 Å². The molecule has 0 radical (unpaired) electrons. The smallest absolute Gasteiger partial charge is 0.325 e. The first-order valence-electron chi connectivity index (χ1n) is 7.42. The van der Waals surface area contributed by atoms with E-state index in [1.165, 1.54) is 23.5 Å². The normalized spacial score (nSPS) is 19.1. The lowest BCUT2D eigenvalue weighted by Crippen LogP contribution is -2.42. The Labute approximate surface area is 123 Å². The molecule has 1 aliphatic rings. The Bertz CT molecular complexity index is 500. The number of aromatic nitrogens is 2. The Morgan fingerprint density at radius 1 is 1.43 bits per heavy atom. The first-order valence-corrected chi connectivity index (χ1v) is 7.42. The minimum absolute atomic E-state index is 0.126. The van der Waals surface area contributed by atoms with Gasteiger partial charge in [0, 0.05) is 18.8 Å². The predicted octanol–water partition coefficient (Wildman–Crippen LogP) is 2.15. The van der Waals surface area contributed by atoms with Gasteiger partial charge in [0.2, 0.25) is 0 Å². The van der Waals surface area contributed by atoms with Crippen molar-refractivity contribution in [3.8, 4) is 0 Å². The number of hydrogen-bond acceptors (Lipinski definition) is 3. The van der Waals surface area contributed by atoms with Crippen LogP contribution in [0.1, 0.15) is 39.0 Å². The third kappa shape index (κ3) is 4.21. The van der Waals surface area contributed by atoms with Crippen molar-refractivity contribution in [2.24, 2.45) is 0 Å². The highest BCUT2D eigenvalue weighted by atomic mass is 16.4. The fraction of sp³-hybridized carbons (Fsp3) is 0.643. The number of urea groups is 1. The molecular formula is C14H22N4O3. The molecule has 1 fully saturated rings. The highest BCUT2D eigenvalue weighted by Crippen LogP contribution is 2.20. The molecule has 7 nitrogen and oxygen atoms in total. The molecule has 1 saturated heterocycles. The van der Waals surface area contributed by atoms with Crippen molar-refractivity contribution in [3.05, 3.63) is 12.4 Å². The number of carboxylic acids is 1. The van der Waals surface area contributed by atoms with Gasteiger partial charge in [-0.05, 0) is 19.3 Å². The zero-order valence-electron chi connectivity index (χ0n) is 12.3. The summed E-state index contributed by atoms with van der Waals surface area (Å²) >= 11 is 0. The molecule has 1 aromatic rings. The van der Waals surface area contributed by atoms with Gasteiger partial charge in [-0.3, -0.25) is 9.48 Å². The van der Waals surface area contributed by atoms with E-state index >= 15 is 0 Å². The lowest BCUT2D eigenvalue weighted by molar-refractivity contribution is -0.137. The molecule has 1 aromatic heterocycles. The zero-order chi connectivity index (χ0) is 15.2. The summed E-state index contributed by atoms with van der Waals surface area (Å²) in [4.78, 5) is 24.9. The summed E-state index contributed by atoms with van der Waals surface area (Å²) in [6.07, 6.45) is 8.36. The van der Waals surface area contributed by atoms with Gasteiger partial charge in [0.05, 0.1) is 11.9 Å². The number of rotatable bonds is 4. The van der Waals surface area contributed by atoms with E-state index in [1.54, 1.807) is 0 Å². The number of carboxylic acid groups (broad SMARTS) is 1. The third-order valence-corrected chi connectivity index (χ3v) is 3.79. The van der Waals surface area contributed by atoms with Gasteiger partial charge >= 0.3 is 12.0 Å². The van der Waals surface area contributed by atoms with Gasteiger partial charge in [0.25, 0.3) is 0 Å². The topological polar surface area (TPSA) is 87.5 Å². The van der Waals surface area contributed by atoms with Gasteiger partial charge in [-0.2, -0.15) is 5.10 Å². The quantitative estimate of drug-likeness (QED) is 0.890. The maximum Gasteiger partial charge on any atom is 0.325 e. The van der Waals surface area contributed by atoms with Crippen molar-refractivity contribution < 1.29 is 14.7 Å². The van der Waals surface area contributed by atoms with Crippen LogP contribution in [-0.4, -0.2) is 44.4 Å². The largest absolute Gasteiger partial charge is 0.480 e. The van der Waals surface area contributed by atoms with Crippen LogP contribution in [0, 0.1) is 0 Å². The molecule has 2 amide bonds. The second-order valence-electron chi connectivity index (χ2n) is 5.36. The van der Waals surface area contributed by atoms with Crippen LogP contribution < -0.4 is 5.32 Å². The SMILES string of the molecule is CCC1CCCCCN1C(=O)Nc1cnn(CC(=O)O)c1. The van der Waals surface area contributed by atoms with Crippen LogP contribution in [0.25, 0.3) is 0 Å². The summed E-state index contributed by atoms with van der Waals surface area (Å²) in [7, 11) is 0. The summed E-state index contributed by atoms with van der Waals surface area (Å²) in [5.74, 6) is -0.963. The Morgan fingerprint density at radius 2 is 2.24 bits per heavy atom. The van der Waals surface area contributed by atoms with E-state index < -0.39 is 5.97 Å². The Kier molecular flexibility index (Phi) is 5.19. The molecule has 0 spiro atoms. The number of likely N-dealkylation sites (tertiary alicyclic amines) is 1. The van der Waals surface area contributed by atoms with Gasteiger partial charge in [0.1, 0.15) is 6.54 Å². The average Bonchev–Trinajstić information content (AvgIpc) is 2.73. The second-order valence-corrected chi connectivity index (χ2v) is 5.36. The van der Waals surface area contributed by atoms with Gasteiger partial charge in [-0.25, -0.2) is 4.79 Å². The number of amides is 2. The summed E-state index contributed by atoms with van der Waals surface area (Å²) in [6, 6.07) is 0.153. The Hall–Kier alpha value is -2.05. The van der Waals surface area contributed by atoms with E-state index in [-0.39, 0.29) is 18.6 Å². The fourth-order valence-electron chi connectivity index (χ4n) is 2.72. The van der Waals surface area contributed by atoms with Gasteiger partial charge in [-0.1, -0.05) is 19.8 Å². The molecular weight excluding hydrogens is 272 g/mol. The monoisotopic (exact) mass is 294 g/mol. The van der Waals surface area contributed by atoms with E-state index in [4.69, 9.17) is 5.11 Å². The molecule has 1 atom stereocenters. The molecule has 0 aliphatic carbocycles. The van der Waals surface area contributed by atoms with Crippen molar-refractivity contribution in [1.29, 1.82) is 0 Å². The summed E-state index contributed by atoms with van der Waals surface area (Å²) in [6.45, 7) is 2.66. The third-order valence-electron chi connectivity index (χ3n) is 3.79. The van der Waals surface area contributed by atoms with Crippen LogP contribution in [0.5, 0.6) is 0 Å². The van der Waals surface area contributed by atoms with Crippen LogP contribution >= 0.6 is 0 Å². The van der Waals surface area contributed by atoms with Gasteiger partial charge in [0.15, 0.2) is 0 Å². The number of aliphatic carboxylic acids is 1. The highest BCUT2D eigenvalue weighted by Gasteiger charge is 2.24. The standard InChI is InChI=1S/C14H22N4O3/c1-2-12-6-4-3-5-7-18(12)14(21)16-11-8-15-17(9-11)10-13(19)20/h8-9,12H,2-7,10H2,1H3,(H,16,21)(H,19,20). The highest BCUT2D eigenvalue weighted by molar-refractivity contribution is 5.89. The Morgan fingerprint density at radius 3 is 2.95 bits per heavy atom. The average molecular weight is 294 g/mol. The first-order chi connectivity index (χ1) is 10.1. The summed E-state index contributed by atoms with van der Waals surface area (Å²) in [5.41, 5.74) is 0.528. The Balaban J connectivity index is 1.98. The van der Waals surface area contributed by atoms with Crippen molar-refractivity contribution in [2.75, 3.05) is 11.9 Å². The number of carbonyl (C=O) groups excluding carboxylic acids is 1. The van der Waals surface area contributed by atoms with E-state index in [1.807, 2.05) is 4.90 Å². The molecule has 2 N–H and O–H groups in total. The predicted molar refractivity (Wildman–Crippen MR) is 78.1 cm³/mol. The minimum atomic E-state index is -0.963. The first kappa shape index (κ1) is 15.3. The van der Waals surface area contributed by atoms with Gasteiger partial charge in [-0.15, -0.1) is 0 Å². The maximum absolute atomic E-state index is 12.4. The number of hydrogen-bond donors (Lipinski definition) is 2. The molecule has 1 unspecified atom stereocenters. The van der Waals surface area contributed by atoms with E-state index in [0.29, 0.717) is 5.69 Å². The lowest BCUT2D eigenvalue weighted by Gasteiger charge is -2.29. The number of nitrogens with zero attached hydrogens (tertiary/aromatic N) is 3. The second kappa shape index (κ2) is 7.10. The van der Waals surface area contributed by atoms with E-state index in [2.05, 4.69) is 17.3 Å². The molecule has 7 heteroatoms. The maximum atomic E-state index is 12.4. The van der Waals surface area contributed by atoms with Crippen LogP contribution in [0.2, 0.25) is 0 Å². The minimum Gasteiger partial charge on any atom is -0.480 e. The molecule has 1 aliphatic heterocycles. The molecule has 21 heavy (non-hydrogen) atoms. The molecule has 2 heterocycles. The summed E-state index contributed by atoms with van der Waals surface area (Å²) < 4.78 is 1.29.